The van der Waals surface area contributed by atoms with E-state index >= 15 is 0 Å². The summed E-state index contributed by atoms with van der Waals surface area (Å²) >= 11 is 0. The smallest absolute Gasteiger partial charge is 0.410 e. The molecule has 2 aliphatic heterocycles. The first-order valence-corrected chi connectivity index (χ1v) is 8.99. The fraction of sp³-hybridized carbons (Fsp3) is 0.722. The van der Waals surface area contributed by atoms with Gasteiger partial charge in [0, 0.05) is 58.2 Å². The van der Waals surface area contributed by atoms with Crippen LogP contribution in [0, 0.1) is 11.8 Å². The van der Waals surface area contributed by atoms with Gasteiger partial charge in [0.1, 0.15) is 11.4 Å². The quantitative estimate of drug-likeness (QED) is 0.812. The molecule has 2 aliphatic rings. The van der Waals surface area contributed by atoms with E-state index in [1.165, 1.54) is 0 Å². The first-order valence-electron chi connectivity index (χ1n) is 8.99. The van der Waals surface area contributed by atoms with Gasteiger partial charge >= 0.3 is 6.09 Å². The van der Waals surface area contributed by atoms with Crippen LogP contribution in [0.15, 0.2) is 6.07 Å². The molecule has 2 atom stereocenters. The Balaban J connectivity index is 1.67. The molecule has 26 heavy (non-hydrogen) atoms. The van der Waals surface area contributed by atoms with Gasteiger partial charge in [0.25, 0.3) is 0 Å². The molecular weight excluding hydrogens is 334 g/mol. The Morgan fingerprint density at radius 1 is 1.15 bits per heavy atom. The van der Waals surface area contributed by atoms with Crippen LogP contribution in [-0.4, -0.2) is 73.9 Å². The van der Waals surface area contributed by atoms with Crippen molar-refractivity contribution in [1.29, 1.82) is 0 Å². The number of fused-ring (bicyclic) bond motifs is 1. The summed E-state index contributed by atoms with van der Waals surface area (Å²) in [6.45, 7) is 8.91. The lowest BCUT2D eigenvalue weighted by molar-refractivity contribution is 0.0282. The molecule has 8 heteroatoms. The zero-order valence-corrected chi connectivity index (χ0v) is 16.5. The highest BCUT2D eigenvalue weighted by Gasteiger charge is 2.43. The zero-order chi connectivity index (χ0) is 19.1. The van der Waals surface area contributed by atoms with Crippen LogP contribution in [0.4, 0.5) is 16.6 Å². The van der Waals surface area contributed by atoms with E-state index in [-0.39, 0.29) is 6.09 Å². The molecule has 0 saturated carbocycles. The third-order valence-corrected chi connectivity index (χ3v) is 4.75. The van der Waals surface area contributed by atoms with E-state index in [0.717, 1.165) is 32.0 Å². The Kier molecular flexibility index (Phi) is 4.86. The van der Waals surface area contributed by atoms with Crippen LogP contribution in [0.5, 0.6) is 5.88 Å². The maximum absolute atomic E-state index is 12.3. The summed E-state index contributed by atoms with van der Waals surface area (Å²) in [4.78, 5) is 27.3. The number of anilines is 2. The fourth-order valence-electron chi connectivity index (χ4n) is 3.52. The Labute approximate surface area is 155 Å². The van der Waals surface area contributed by atoms with Gasteiger partial charge in [-0.05, 0) is 20.8 Å². The van der Waals surface area contributed by atoms with Crippen molar-refractivity contribution in [1.82, 2.24) is 14.9 Å². The molecule has 3 heterocycles. The number of amides is 1. The standard InChI is InChI=1S/C18H29N5O3/c1-18(2,3)26-17(24)23-10-12-8-22(9-13(12)11-23)14-7-15(25-6)20-16(19-14)21(4)5/h7,12-13H,8-11H2,1-6H3. The minimum atomic E-state index is -0.457. The largest absolute Gasteiger partial charge is 0.481 e. The number of carbonyl (C=O) groups excluding carboxylic acids is 1. The normalized spacial score (nSPS) is 22.4. The number of carbonyl (C=O) groups is 1. The van der Waals surface area contributed by atoms with Crippen LogP contribution in [0.25, 0.3) is 0 Å². The van der Waals surface area contributed by atoms with Gasteiger partial charge < -0.3 is 24.2 Å². The van der Waals surface area contributed by atoms with Crippen LogP contribution in [-0.2, 0) is 4.74 Å². The van der Waals surface area contributed by atoms with E-state index in [9.17, 15) is 4.79 Å². The van der Waals surface area contributed by atoms with E-state index < -0.39 is 5.60 Å². The van der Waals surface area contributed by atoms with Crippen molar-refractivity contribution >= 4 is 17.9 Å². The Morgan fingerprint density at radius 3 is 2.27 bits per heavy atom. The summed E-state index contributed by atoms with van der Waals surface area (Å²) in [6.07, 6.45) is -0.211. The molecular formula is C18H29N5O3. The van der Waals surface area contributed by atoms with Gasteiger partial charge in [0.2, 0.25) is 11.8 Å². The van der Waals surface area contributed by atoms with Gasteiger partial charge in [-0.15, -0.1) is 0 Å². The van der Waals surface area contributed by atoms with Crippen molar-refractivity contribution in [3.05, 3.63) is 6.07 Å². The Morgan fingerprint density at radius 2 is 1.77 bits per heavy atom. The zero-order valence-electron chi connectivity index (χ0n) is 16.5. The van der Waals surface area contributed by atoms with Crippen LogP contribution in [0.2, 0.25) is 0 Å². The molecule has 2 unspecified atom stereocenters. The second-order valence-electron chi connectivity index (χ2n) is 8.27. The molecule has 1 aromatic rings. The van der Waals surface area contributed by atoms with Crippen LogP contribution in [0.3, 0.4) is 0 Å². The lowest BCUT2D eigenvalue weighted by Gasteiger charge is -2.26. The molecule has 1 aromatic heterocycles. The van der Waals surface area contributed by atoms with Crippen LogP contribution >= 0.6 is 0 Å². The highest BCUT2D eigenvalue weighted by molar-refractivity contribution is 5.68. The minimum Gasteiger partial charge on any atom is -0.481 e. The highest BCUT2D eigenvalue weighted by atomic mass is 16.6. The van der Waals surface area contributed by atoms with Crippen molar-refractivity contribution in [2.75, 3.05) is 57.2 Å². The topological polar surface area (TPSA) is 71.0 Å². The van der Waals surface area contributed by atoms with Crippen molar-refractivity contribution in [2.45, 2.75) is 26.4 Å². The summed E-state index contributed by atoms with van der Waals surface area (Å²) in [5.74, 6) is 2.94. The maximum atomic E-state index is 12.3. The SMILES string of the molecule is COc1cc(N2CC3CN(C(=O)OC(C)(C)C)CC3C2)nc(N(C)C)n1. The van der Waals surface area contributed by atoms with Gasteiger partial charge in [-0.2, -0.15) is 9.97 Å². The number of likely N-dealkylation sites (tertiary alicyclic amines) is 1. The lowest BCUT2D eigenvalue weighted by Crippen LogP contribution is -2.37. The van der Waals surface area contributed by atoms with Crippen LogP contribution < -0.4 is 14.5 Å². The lowest BCUT2D eigenvalue weighted by atomic mass is 10.0. The number of nitrogens with zero attached hydrogens (tertiary/aromatic N) is 5. The van der Waals surface area contributed by atoms with Gasteiger partial charge in [-0.3, -0.25) is 0 Å². The Bertz CT molecular complexity index is 659. The molecule has 0 aliphatic carbocycles. The molecule has 0 N–H and O–H groups in total. The highest BCUT2D eigenvalue weighted by Crippen LogP contribution is 2.35. The van der Waals surface area contributed by atoms with Crippen molar-refractivity contribution < 1.29 is 14.3 Å². The molecule has 0 radical (unpaired) electrons. The van der Waals surface area contributed by atoms with Gasteiger partial charge in [-0.1, -0.05) is 0 Å². The minimum absolute atomic E-state index is 0.211. The van der Waals surface area contributed by atoms with Crippen molar-refractivity contribution in [2.24, 2.45) is 11.8 Å². The second kappa shape index (κ2) is 6.81. The van der Waals surface area contributed by atoms with Crippen LogP contribution in [0.1, 0.15) is 20.8 Å². The first-order chi connectivity index (χ1) is 12.2. The number of aromatic nitrogens is 2. The average molecular weight is 363 g/mol. The number of ether oxygens (including phenoxy) is 2. The molecule has 0 aromatic carbocycles. The number of rotatable bonds is 3. The first kappa shape index (κ1) is 18.5. The van der Waals surface area contributed by atoms with Gasteiger partial charge in [0.15, 0.2) is 0 Å². The van der Waals surface area contributed by atoms with Crippen molar-refractivity contribution in [3.8, 4) is 5.88 Å². The number of hydrogen-bond donors (Lipinski definition) is 0. The molecule has 1 amide bonds. The van der Waals surface area contributed by atoms with E-state index in [1.54, 1.807) is 7.11 Å². The van der Waals surface area contributed by atoms with Crippen molar-refractivity contribution in [3.63, 3.8) is 0 Å². The predicted molar refractivity (Wildman–Crippen MR) is 99.9 cm³/mol. The maximum Gasteiger partial charge on any atom is 0.410 e. The summed E-state index contributed by atoms with van der Waals surface area (Å²) < 4.78 is 10.8. The monoisotopic (exact) mass is 363 g/mol. The van der Waals surface area contributed by atoms with Gasteiger partial charge in [0.05, 0.1) is 7.11 Å². The summed E-state index contributed by atoms with van der Waals surface area (Å²) in [5.41, 5.74) is -0.457. The van der Waals surface area contributed by atoms with E-state index in [1.807, 2.05) is 50.7 Å². The van der Waals surface area contributed by atoms with E-state index in [4.69, 9.17) is 9.47 Å². The third-order valence-electron chi connectivity index (χ3n) is 4.75. The summed E-state index contributed by atoms with van der Waals surface area (Å²) in [7, 11) is 5.44. The number of methoxy groups -OCH3 is 1. The predicted octanol–water partition coefficient (Wildman–Crippen LogP) is 1.85. The molecule has 2 fully saturated rings. The summed E-state index contributed by atoms with van der Waals surface area (Å²) in [6, 6.07) is 1.87. The second-order valence-corrected chi connectivity index (χ2v) is 8.27. The molecule has 2 saturated heterocycles. The van der Waals surface area contributed by atoms with Gasteiger partial charge in [-0.25, -0.2) is 4.79 Å². The molecule has 8 nitrogen and oxygen atoms in total. The molecule has 144 valence electrons. The van der Waals surface area contributed by atoms with E-state index in [0.29, 0.717) is 23.7 Å². The molecule has 3 rings (SSSR count). The third kappa shape index (κ3) is 3.94. The van der Waals surface area contributed by atoms with E-state index in [2.05, 4.69) is 14.9 Å². The molecule has 0 bridgehead atoms. The molecule has 0 spiro atoms. The Hall–Kier alpha value is -2.25. The average Bonchev–Trinajstić information content (AvgIpc) is 3.11. The fourth-order valence-corrected chi connectivity index (χ4v) is 3.52. The number of hydrogen-bond acceptors (Lipinski definition) is 7. The summed E-state index contributed by atoms with van der Waals surface area (Å²) in [5, 5.41) is 0.